The van der Waals surface area contributed by atoms with Gasteiger partial charge in [-0.05, 0) is 73.7 Å². The number of piperidine rings is 1. The first-order valence-electron chi connectivity index (χ1n) is 11.0. The number of primary amides is 1. The summed E-state index contributed by atoms with van der Waals surface area (Å²) in [7, 11) is 0. The van der Waals surface area contributed by atoms with Crippen molar-refractivity contribution in [3.05, 3.63) is 59.4 Å². The zero-order valence-corrected chi connectivity index (χ0v) is 18.1. The van der Waals surface area contributed by atoms with E-state index in [2.05, 4.69) is 9.88 Å². The number of likely N-dealkylation sites (tertiary alicyclic amines) is 1. The monoisotopic (exact) mass is 457 g/mol. The number of nitrogens with zero attached hydrogens (tertiary/aromatic N) is 4. The predicted octanol–water partition coefficient (Wildman–Crippen LogP) is 3.42. The number of nitriles is 1. The predicted molar refractivity (Wildman–Crippen MR) is 117 cm³/mol. The van der Waals surface area contributed by atoms with E-state index in [1.807, 2.05) is 12.1 Å². The number of carbonyl (C=O) groups is 1. The molecule has 2 aliphatic heterocycles. The molecule has 6 nitrogen and oxygen atoms in total. The molecule has 33 heavy (non-hydrogen) atoms. The standard InChI is InChI=1S/C24H26F3N5O/c25-24(26,27)22-11-19(2-1-18(22)12-28)32-14-20(21(15-32)23(29)33)17-5-9-31(10-6-17)13-16-3-7-30-8-4-16/h1-4,7-8,11,17,20-21H,5-6,9-10,13-15H2,(H2,29,33)/t20-,21+/m0/s1. The van der Waals surface area contributed by atoms with Crippen LogP contribution in [0.3, 0.4) is 0 Å². The number of benzene rings is 1. The van der Waals surface area contributed by atoms with Crippen LogP contribution < -0.4 is 10.6 Å². The number of aromatic nitrogens is 1. The zero-order valence-electron chi connectivity index (χ0n) is 18.1. The molecule has 2 aliphatic rings. The second-order valence-corrected chi connectivity index (χ2v) is 8.89. The number of pyridine rings is 1. The highest BCUT2D eigenvalue weighted by Crippen LogP contribution is 2.40. The number of amides is 1. The minimum absolute atomic E-state index is 0.00412. The molecule has 2 saturated heterocycles. The Kier molecular flexibility index (Phi) is 6.56. The summed E-state index contributed by atoms with van der Waals surface area (Å²) in [6.07, 6.45) is 0.758. The first-order chi connectivity index (χ1) is 15.8. The number of halogens is 3. The van der Waals surface area contributed by atoms with Crippen molar-refractivity contribution in [1.82, 2.24) is 9.88 Å². The molecule has 2 atom stereocenters. The number of rotatable bonds is 5. The number of alkyl halides is 3. The minimum Gasteiger partial charge on any atom is -0.370 e. The van der Waals surface area contributed by atoms with Crippen LogP contribution in [0.1, 0.15) is 29.5 Å². The van der Waals surface area contributed by atoms with Gasteiger partial charge in [-0.25, -0.2) is 0 Å². The van der Waals surface area contributed by atoms with Gasteiger partial charge in [-0.2, -0.15) is 18.4 Å². The average Bonchev–Trinajstić information content (AvgIpc) is 3.25. The number of hydrogen-bond acceptors (Lipinski definition) is 5. The summed E-state index contributed by atoms with van der Waals surface area (Å²) in [5.74, 6) is -0.546. The summed E-state index contributed by atoms with van der Waals surface area (Å²) >= 11 is 0. The van der Waals surface area contributed by atoms with Crippen molar-refractivity contribution in [1.29, 1.82) is 5.26 Å². The highest BCUT2D eigenvalue weighted by atomic mass is 19.4. The molecule has 1 amide bonds. The fourth-order valence-electron chi connectivity index (χ4n) is 5.17. The maximum absolute atomic E-state index is 13.4. The van der Waals surface area contributed by atoms with E-state index < -0.39 is 29.1 Å². The molecule has 0 spiro atoms. The van der Waals surface area contributed by atoms with Gasteiger partial charge in [0.2, 0.25) is 5.91 Å². The number of anilines is 1. The molecule has 174 valence electrons. The third-order valence-corrected chi connectivity index (χ3v) is 6.92. The van der Waals surface area contributed by atoms with E-state index in [4.69, 9.17) is 11.0 Å². The molecule has 1 aromatic carbocycles. The normalized spacial score (nSPS) is 22.3. The van der Waals surface area contributed by atoms with Gasteiger partial charge in [0.25, 0.3) is 0 Å². The van der Waals surface area contributed by atoms with Crippen molar-refractivity contribution in [3.63, 3.8) is 0 Å². The third kappa shape index (κ3) is 5.11. The summed E-state index contributed by atoms with van der Waals surface area (Å²) in [5, 5.41) is 9.05. The van der Waals surface area contributed by atoms with Gasteiger partial charge in [0, 0.05) is 37.7 Å². The molecule has 2 N–H and O–H groups in total. The summed E-state index contributed by atoms with van der Waals surface area (Å²) in [5.41, 5.74) is 5.91. The molecule has 9 heteroatoms. The Hall–Kier alpha value is -3.12. The molecule has 0 saturated carbocycles. The first-order valence-corrected chi connectivity index (χ1v) is 11.0. The second kappa shape index (κ2) is 9.40. The van der Waals surface area contributed by atoms with Crippen molar-refractivity contribution in [2.24, 2.45) is 23.5 Å². The summed E-state index contributed by atoms with van der Waals surface area (Å²) in [4.78, 5) is 20.4. The van der Waals surface area contributed by atoms with E-state index in [0.29, 0.717) is 18.8 Å². The smallest absolute Gasteiger partial charge is 0.370 e. The van der Waals surface area contributed by atoms with Gasteiger partial charge >= 0.3 is 6.18 Å². The van der Waals surface area contributed by atoms with Crippen LogP contribution in [0.2, 0.25) is 0 Å². The molecular weight excluding hydrogens is 431 g/mol. The number of nitrogens with two attached hydrogens (primary N) is 1. The third-order valence-electron chi connectivity index (χ3n) is 6.92. The summed E-state index contributed by atoms with van der Waals surface area (Å²) < 4.78 is 40.2. The van der Waals surface area contributed by atoms with Gasteiger partial charge in [-0.15, -0.1) is 0 Å². The van der Waals surface area contributed by atoms with Crippen LogP contribution in [0.5, 0.6) is 0 Å². The Labute approximate surface area is 190 Å². The van der Waals surface area contributed by atoms with Gasteiger partial charge in [0.1, 0.15) is 0 Å². The van der Waals surface area contributed by atoms with E-state index in [-0.39, 0.29) is 11.8 Å². The molecule has 0 bridgehead atoms. The molecule has 4 rings (SSSR count). The van der Waals surface area contributed by atoms with E-state index in [0.717, 1.165) is 38.5 Å². The van der Waals surface area contributed by atoms with Crippen molar-refractivity contribution >= 4 is 11.6 Å². The van der Waals surface area contributed by atoms with Crippen LogP contribution in [0, 0.1) is 29.1 Å². The Morgan fingerprint density at radius 2 is 1.85 bits per heavy atom. The van der Waals surface area contributed by atoms with Crippen molar-refractivity contribution in [2.45, 2.75) is 25.6 Å². The van der Waals surface area contributed by atoms with E-state index in [1.54, 1.807) is 23.4 Å². The highest BCUT2D eigenvalue weighted by Gasteiger charge is 2.42. The van der Waals surface area contributed by atoms with E-state index >= 15 is 0 Å². The largest absolute Gasteiger partial charge is 0.417 e. The lowest BCUT2D eigenvalue weighted by Crippen LogP contribution is -2.40. The van der Waals surface area contributed by atoms with Crippen molar-refractivity contribution < 1.29 is 18.0 Å². The van der Waals surface area contributed by atoms with Crippen molar-refractivity contribution in [2.75, 3.05) is 31.1 Å². The molecule has 0 unspecified atom stereocenters. The van der Waals surface area contributed by atoms with Crippen LogP contribution in [0.4, 0.5) is 18.9 Å². The lowest BCUT2D eigenvalue weighted by molar-refractivity contribution is -0.137. The fourth-order valence-corrected chi connectivity index (χ4v) is 5.17. The molecule has 2 aromatic rings. The van der Waals surface area contributed by atoms with Crippen LogP contribution in [0.25, 0.3) is 0 Å². The Balaban J connectivity index is 1.46. The van der Waals surface area contributed by atoms with Crippen LogP contribution >= 0.6 is 0 Å². The molecule has 1 aromatic heterocycles. The van der Waals surface area contributed by atoms with Crippen LogP contribution in [-0.2, 0) is 17.5 Å². The minimum atomic E-state index is -4.62. The van der Waals surface area contributed by atoms with Crippen LogP contribution in [-0.4, -0.2) is 42.0 Å². The molecule has 0 radical (unpaired) electrons. The molecule has 2 fully saturated rings. The van der Waals surface area contributed by atoms with Gasteiger partial charge in [0.15, 0.2) is 0 Å². The SMILES string of the molecule is N#Cc1ccc(N2C[C@@H](C(N)=O)[C@H](C3CCN(Cc4ccncc4)CC3)C2)cc1C(F)(F)F. The fraction of sp³-hybridized carbons (Fsp3) is 0.458. The lowest BCUT2D eigenvalue weighted by Gasteiger charge is -2.36. The topological polar surface area (TPSA) is 86.2 Å². The Morgan fingerprint density at radius 1 is 1.15 bits per heavy atom. The molecule has 0 aliphatic carbocycles. The van der Waals surface area contributed by atoms with Gasteiger partial charge in [-0.1, -0.05) is 0 Å². The van der Waals surface area contributed by atoms with E-state index in [9.17, 15) is 18.0 Å². The van der Waals surface area contributed by atoms with Crippen LogP contribution in [0.15, 0.2) is 42.7 Å². The lowest BCUT2D eigenvalue weighted by atomic mass is 9.78. The summed E-state index contributed by atoms with van der Waals surface area (Å²) in [6, 6.07) is 9.33. The number of carbonyl (C=O) groups excluding carboxylic acids is 1. The number of hydrogen-bond donors (Lipinski definition) is 1. The maximum atomic E-state index is 13.4. The van der Waals surface area contributed by atoms with Gasteiger partial charge < -0.3 is 10.6 Å². The van der Waals surface area contributed by atoms with Gasteiger partial charge in [0.05, 0.1) is 23.1 Å². The van der Waals surface area contributed by atoms with Gasteiger partial charge in [-0.3, -0.25) is 14.7 Å². The summed E-state index contributed by atoms with van der Waals surface area (Å²) in [6.45, 7) is 3.40. The molecular formula is C24H26F3N5O. The maximum Gasteiger partial charge on any atom is 0.417 e. The van der Waals surface area contributed by atoms with E-state index in [1.165, 1.54) is 17.7 Å². The zero-order chi connectivity index (χ0) is 23.6. The molecule has 3 heterocycles. The average molecular weight is 458 g/mol. The Bertz CT molecular complexity index is 1030. The quantitative estimate of drug-likeness (QED) is 0.744. The first kappa shape index (κ1) is 23.1. The second-order valence-electron chi connectivity index (χ2n) is 8.89. The Morgan fingerprint density at radius 3 is 2.45 bits per heavy atom. The van der Waals surface area contributed by atoms with Crippen molar-refractivity contribution in [3.8, 4) is 6.07 Å². The highest BCUT2D eigenvalue weighted by molar-refractivity contribution is 5.79.